The van der Waals surface area contributed by atoms with Crippen LogP contribution in [0, 0.1) is 0 Å². The zero-order chi connectivity index (χ0) is 16.4. The number of fused-ring (bicyclic) bond motifs is 1. The normalized spacial score (nSPS) is 13.1. The second-order valence-electron chi connectivity index (χ2n) is 5.07. The van der Waals surface area contributed by atoms with Gasteiger partial charge in [0.25, 0.3) is 5.91 Å². The fourth-order valence-corrected chi connectivity index (χ4v) is 2.34. The molecule has 3 amide bonds. The molecule has 2 N–H and O–H groups in total. The number of aromatic nitrogens is 1. The summed E-state index contributed by atoms with van der Waals surface area (Å²) in [6, 6.07) is 10.2. The van der Waals surface area contributed by atoms with E-state index in [1.807, 2.05) is 0 Å². The van der Waals surface area contributed by atoms with Crippen LogP contribution in [0.2, 0.25) is 0 Å². The van der Waals surface area contributed by atoms with Gasteiger partial charge in [-0.15, -0.1) is 0 Å². The Morgan fingerprint density at radius 3 is 2.70 bits per heavy atom. The third-order valence-electron chi connectivity index (χ3n) is 3.33. The molecule has 2 aromatic rings. The molecule has 0 saturated carbocycles. The van der Waals surface area contributed by atoms with Gasteiger partial charge in [-0.1, -0.05) is 12.1 Å². The molecule has 3 rings (SSSR count). The summed E-state index contributed by atoms with van der Waals surface area (Å²) in [7, 11) is 0. The van der Waals surface area contributed by atoms with Crippen molar-refractivity contribution in [2.75, 3.05) is 22.1 Å². The maximum atomic E-state index is 12.7. The van der Waals surface area contributed by atoms with E-state index in [1.54, 1.807) is 36.4 Å². The first kappa shape index (κ1) is 14.7. The molecule has 23 heavy (non-hydrogen) atoms. The van der Waals surface area contributed by atoms with Crippen LogP contribution in [-0.2, 0) is 9.59 Å². The Kier molecular flexibility index (Phi) is 3.76. The molecular weight excluding hydrogens is 296 g/mol. The van der Waals surface area contributed by atoms with Gasteiger partial charge >= 0.3 is 0 Å². The Morgan fingerprint density at radius 1 is 1.22 bits per heavy atom. The van der Waals surface area contributed by atoms with Crippen LogP contribution in [0.1, 0.15) is 17.3 Å². The Labute approximate surface area is 132 Å². The summed E-state index contributed by atoms with van der Waals surface area (Å²) in [4.78, 5) is 40.9. The summed E-state index contributed by atoms with van der Waals surface area (Å²) in [6.45, 7) is 1.33. The van der Waals surface area contributed by atoms with Crippen molar-refractivity contribution < 1.29 is 14.4 Å². The van der Waals surface area contributed by atoms with Crippen LogP contribution in [0.4, 0.5) is 17.2 Å². The number of nitrogens with zero attached hydrogens (tertiary/aromatic N) is 2. The first-order valence-electron chi connectivity index (χ1n) is 6.99. The van der Waals surface area contributed by atoms with Crippen LogP contribution >= 0.6 is 0 Å². The maximum absolute atomic E-state index is 12.7. The highest BCUT2D eigenvalue weighted by molar-refractivity contribution is 6.15. The lowest BCUT2D eigenvalue weighted by Crippen LogP contribution is -2.42. The standard InChI is InChI=1S/C16H14N4O3/c1-10(21)18-14-7-6-11(8-17-14)16(23)20-9-15(22)19-12-4-2-3-5-13(12)20/h2-8H,9H2,1H3,(H,19,22)(H,17,18,21). The number of anilines is 3. The maximum Gasteiger partial charge on any atom is 0.260 e. The Balaban J connectivity index is 1.88. The van der Waals surface area contributed by atoms with Gasteiger partial charge in [-0.25, -0.2) is 4.98 Å². The lowest BCUT2D eigenvalue weighted by atomic mass is 10.1. The molecule has 0 radical (unpaired) electrons. The third-order valence-corrected chi connectivity index (χ3v) is 3.33. The minimum atomic E-state index is -0.325. The molecule has 0 aliphatic carbocycles. The summed E-state index contributed by atoms with van der Waals surface area (Å²) in [6.07, 6.45) is 1.38. The number of hydrogen-bond donors (Lipinski definition) is 2. The fourth-order valence-electron chi connectivity index (χ4n) is 2.34. The van der Waals surface area contributed by atoms with Gasteiger partial charge in [-0.2, -0.15) is 0 Å². The predicted octanol–water partition coefficient (Wildman–Crippen LogP) is 1.64. The van der Waals surface area contributed by atoms with Gasteiger partial charge in [0.2, 0.25) is 11.8 Å². The topological polar surface area (TPSA) is 91.4 Å². The Bertz CT molecular complexity index is 786. The van der Waals surface area contributed by atoms with Gasteiger partial charge in [0.1, 0.15) is 12.4 Å². The number of amides is 3. The smallest absolute Gasteiger partial charge is 0.260 e. The summed E-state index contributed by atoms with van der Waals surface area (Å²) in [5.41, 5.74) is 1.58. The van der Waals surface area contributed by atoms with Crippen molar-refractivity contribution in [2.45, 2.75) is 6.92 Å². The first-order chi connectivity index (χ1) is 11.0. The van der Waals surface area contributed by atoms with Gasteiger partial charge in [0.15, 0.2) is 0 Å². The first-order valence-corrected chi connectivity index (χ1v) is 6.99. The SMILES string of the molecule is CC(=O)Nc1ccc(C(=O)N2CC(=O)Nc3ccccc32)cn1. The molecule has 1 aliphatic heterocycles. The number of hydrogen-bond acceptors (Lipinski definition) is 4. The van der Waals surface area contributed by atoms with Gasteiger partial charge in [0, 0.05) is 13.1 Å². The van der Waals surface area contributed by atoms with E-state index in [-0.39, 0.29) is 24.3 Å². The largest absolute Gasteiger partial charge is 0.323 e. The summed E-state index contributed by atoms with van der Waals surface area (Å²) in [5.74, 6) is -0.446. The molecule has 1 aliphatic rings. The second kappa shape index (κ2) is 5.88. The number of rotatable bonds is 2. The minimum Gasteiger partial charge on any atom is -0.323 e. The lowest BCUT2D eigenvalue weighted by molar-refractivity contribution is -0.115. The molecule has 0 fully saturated rings. The number of carbonyl (C=O) groups excluding carboxylic acids is 3. The number of carbonyl (C=O) groups is 3. The van der Waals surface area contributed by atoms with E-state index in [1.165, 1.54) is 18.0 Å². The highest BCUT2D eigenvalue weighted by atomic mass is 16.2. The van der Waals surface area contributed by atoms with Gasteiger partial charge in [-0.05, 0) is 24.3 Å². The molecular formula is C16H14N4O3. The molecule has 0 atom stereocenters. The van der Waals surface area contributed by atoms with E-state index in [2.05, 4.69) is 15.6 Å². The van der Waals surface area contributed by atoms with Crippen LogP contribution in [-0.4, -0.2) is 29.3 Å². The lowest BCUT2D eigenvalue weighted by Gasteiger charge is -2.29. The number of nitrogens with one attached hydrogen (secondary N) is 2. The van der Waals surface area contributed by atoms with E-state index >= 15 is 0 Å². The molecule has 7 heteroatoms. The minimum absolute atomic E-state index is 0.0523. The quantitative estimate of drug-likeness (QED) is 0.882. The predicted molar refractivity (Wildman–Crippen MR) is 85.3 cm³/mol. The Hall–Kier alpha value is -3.22. The highest BCUT2D eigenvalue weighted by Gasteiger charge is 2.27. The van der Waals surface area contributed by atoms with E-state index < -0.39 is 0 Å². The van der Waals surface area contributed by atoms with Crippen molar-refractivity contribution >= 4 is 34.9 Å². The summed E-state index contributed by atoms with van der Waals surface area (Å²) < 4.78 is 0. The van der Waals surface area contributed by atoms with Crippen LogP contribution < -0.4 is 15.5 Å². The monoisotopic (exact) mass is 310 g/mol. The van der Waals surface area contributed by atoms with E-state index in [9.17, 15) is 14.4 Å². The van der Waals surface area contributed by atoms with Crippen molar-refractivity contribution in [2.24, 2.45) is 0 Å². The van der Waals surface area contributed by atoms with Crippen LogP contribution in [0.3, 0.4) is 0 Å². The van der Waals surface area contributed by atoms with Gasteiger partial charge in [0.05, 0.1) is 16.9 Å². The van der Waals surface area contributed by atoms with Gasteiger partial charge in [-0.3, -0.25) is 19.3 Å². The zero-order valence-corrected chi connectivity index (χ0v) is 12.4. The molecule has 1 aromatic carbocycles. The average molecular weight is 310 g/mol. The zero-order valence-electron chi connectivity index (χ0n) is 12.4. The van der Waals surface area contributed by atoms with Crippen molar-refractivity contribution in [1.29, 1.82) is 0 Å². The van der Waals surface area contributed by atoms with Crippen LogP contribution in [0.5, 0.6) is 0 Å². The van der Waals surface area contributed by atoms with Crippen molar-refractivity contribution in [3.05, 3.63) is 48.2 Å². The molecule has 0 bridgehead atoms. The third kappa shape index (κ3) is 3.03. The van der Waals surface area contributed by atoms with Crippen molar-refractivity contribution in [3.63, 3.8) is 0 Å². The molecule has 0 spiro atoms. The van der Waals surface area contributed by atoms with Gasteiger partial charge < -0.3 is 10.6 Å². The van der Waals surface area contributed by atoms with E-state index in [0.717, 1.165) is 0 Å². The van der Waals surface area contributed by atoms with Crippen LogP contribution in [0.25, 0.3) is 0 Å². The van der Waals surface area contributed by atoms with Crippen molar-refractivity contribution in [1.82, 2.24) is 4.98 Å². The molecule has 7 nitrogen and oxygen atoms in total. The second-order valence-corrected chi connectivity index (χ2v) is 5.07. The molecule has 1 aromatic heterocycles. The number of pyridine rings is 1. The molecule has 116 valence electrons. The highest BCUT2D eigenvalue weighted by Crippen LogP contribution is 2.29. The van der Waals surface area contributed by atoms with E-state index in [0.29, 0.717) is 22.8 Å². The van der Waals surface area contributed by atoms with Crippen molar-refractivity contribution in [3.8, 4) is 0 Å². The molecule has 0 unspecified atom stereocenters. The van der Waals surface area contributed by atoms with E-state index in [4.69, 9.17) is 0 Å². The molecule has 2 heterocycles. The number of benzene rings is 1. The average Bonchev–Trinajstić information content (AvgIpc) is 2.53. The number of para-hydroxylation sites is 2. The fraction of sp³-hybridized carbons (Fsp3) is 0.125. The molecule has 0 saturated heterocycles. The van der Waals surface area contributed by atoms with Crippen LogP contribution in [0.15, 0.2) is 42.6 Å². The Morgan fingerprint density at radius 2 is 2.00 bits per heavy atom. The summed E-state index contributed by atoms with van der Waals surface area (Å²) >= 11 is 0. The summed E-state index contributed by atoms with van der Waals surface area (Å²) in [5, 5.41) is 5.27.